The zero-order chi connectivity index (χ0) is 10.2. The van der Waals surface area contributed by atoms with Gasteiger partial charge >= 0.3 is 5.97 Å². The molecule has 0 spiro atoms. The minimum atomic E-state index is -0.0281. The molecule has 3 unspecified atom stereocenters. The molecule has 2 aliphatic rings. The smallest absolute Gasteiger partial charge is 0.309 e. The number of fused-ring (bicyclic) bond motifs is 2. The van der Waals surface area contributed by atoms with Crippen molar-refractivity contribution in [3.8, 4) is 0 Å². The monoisotopic (exact) mass is 194 g/mol. The molecule has 0 aliphatic heterocycles. The molecule has 78 valence electrons. The van der Waals surface area contributed by atoms with Gasteiger partial charge in [0.25, 0.3) is 0 Å². The van der Waals surface area contributed by atoms with Gasteiger partial charge in [0, 0.05) is 5.41 Å². The predicted octanol–water partition coefficient (Wildman–Crippen LogP) is 2.54. The summed E-state index contributed by atoms with van der Waals surface area (Å²) < 4.78 is 5.09. The third-order valence-corrected chi connectivity index (χ3v) is 3.83. The first-order valence-electron chi connectivity index (χ1n) is 5.54. The lowest BCUT2D eigenvalue weighted by molar-refractivity contribution is -0.150. The summed E-state index contributed by atoms with van der Waals surface area (Å²) in [7, 11) is 0. The Bertz CT molecular complexity index is 269. The maximum absolute atomic E-state index is 11.7. The van der Waals surface area contributed by atoms with Gasteiger partial charge in [-0.15, -0.1) is 0 Å². The quantitative estimate of drug-likeness (QED) is 0.510. The van der Waals surface area contributed by atoms with E-state index in [-0.39, 0.29) is 17.3 Å². The normalized spacial score (nSPS) is 36.0. The molecule has 0 heterocycles. The van der Waals surface area contributed by atoms with Crippen molar-refractivity contribution in [2.45, 2.75) is 33.1 Å². The van der Waals surface area contributed by atoms with Crippen LogP contribution in [0, 0.1) is 17.3 Å². The fraction of sp³-hybridized carbons (Fsp3) is 0.750. The third-order valence-electron chi connectivity index (χ3n) is 3.83. The second kappa shape index (κ2) is 3.41. The molecular weight excluding hydrogens is 176 g/mol. The molecule has 3 atom stereocenters. The molecule has 2 rings (SSSR count). The molecule has 2 aliphatic carbocycles. The Hall–Kier alpha value is -0.790. The van der Waals surface area contributed by atoms with Gasteiger partial charge in [0.05, 0.1) is 12.5 Å². The molecule has 1 saturated carbocycles. The van der Waals surface area contributed by atoms with E-state index in [2.05, 4.69) is 12.2 Å². The number of allylic oxidation sites excluding steroid dienone is 2. The van der Waals surface area contributed by atoms with Gasteiger partial charge in [-0.25, -0.2) is 0 Å². The Morgan fingerprint density at radius 1 is 1.71 bits per heavy atom. The number of rotatable bonds is 3. The third kappa shape index (κ3) is 1.37. The van der Waals surface area contributed by atoms with Crippen molar-refractivity contribution >= 4 is 5.97 Å². The first kappa shape index (κ1) is 9.75. The van der Waals surface area contributed by atoms with Gasteiger partial charge < -0.3 is 4.74 Å². The molecule has 14 heavy (non-hydrogen) atoms. The SMILES string of the molecule is CCOC(=O)C(C)C12C=CC(CC1)C2. The predicted molar refractivity (Wildman–Crippen MR) is 54.7 cm³/mol. The lowest BCUT2D eigenvalue weighted by atomic mass is 9.76. The van der Waals surface area contributed by atoms with Crippen molar-refractivity contribution in [1.29, 1.82) is 0 Å². The highest BCUT2D eigenvalue weighted by atomic mass is 16.5. The van der Waals surface area contributed by atoms with Gasteiger partial charge in [-0.05, 0) is 32.1 Å². The van der Waals surface area contributed by atoms with Crippen LogP contribution in [0.3, 0.4) is 0 Å². The highest BCUT2D eigenvalue weighted by molar-refractivity contribution is 5.73. The minimum absolute atomic E-state index is 0.0281. The van der Waals surface area contributed by atoms with Gasteiger partial charge in [-0.2, -0.15) is 0 Å². The summed E-state index contributed by atoms with van der Waals surface area (Å²) in [6.45, 7) is 4.37. The van der Waals surface area contributed by atoms with Gasteiger partial charge in [0.2, 0.25) is 0 Å². The van der Waals surface area contributed by atoms with Gasteiger partial charge in [0.15, 0.2) is 0 Å². The fourth-order valence-corrected chi connectivity index (χ4v) is 2.83. The van der Waals surface area contributed by atoms with Crippen molar-refractivity contribution in [3.05, 3.63) is 12.2 Å². The van der Waals surface area contributed by atoms with Gasteiger partial charge in [-0.3, -0.25) is 4.79 Å². The van der Waals surface area contributed by atoms with Crippen LogP contribution in [0.5, 0.6) is 0 Å². The molecule has 1 fully saturated rings. The summed E-state index contributed by atoms with van der Waals surface area (Å²) in [4.78, 5) is 11.7. The minimum Gasteiger partial charge on any atom is -0.466 e. The van der Waals surface area contributed by atoms with Crippen LogP contribution in [-0.4, -0.2) is 12.6 Å². The van der Waals surface area contributed by atoms with Crippen LogP contribution in [0.1, 0.15) is 33.1 Å². The Morgan fingerprint density at radius 3 is 2.93 bits per heavy atom. The van der Waals surface area contributed by atoms with Crippen LogP contribution in [0.2, 0.25) is 0 Å². The molecule has 2 heteroatoms. The molecule has 0 aromatic heterocycles. The molecule has 0 saturated heterocycles. The van der Waals surface area contributed by atoms with Crippen molar-refractivity contribution in [1.82, 2.24) is 0 Å². The van der Waals surface area contributed by atoms with Crippen molar-refractivity contribution in [2.24, 2.45) is 17.3 Å². The first-order valence-corrected chi connectivity index (χ1v) is 5.54. The van der Waals surface area contributed by atoms with Crippen LogP contribution < -0.4 is 0 Å². The number of carbonyl (C=O) groups is 1. The van der Waals surface area contributed by atoms with Crippen LogP contribution in [-0.2, 0) is 9.53 Å². The summed E-state index contributed by atoms with van der Waals surface area (Å²) in [6, 6.07) is 0. The van der Waals surface area contributed by atoms with E-state index in [0.29, 0.717) is 6.61 Å². The largest absolute Gasteiger partial charge is 0.466 e. The number of hydrogen-bond donors (Lipinski definition) is 0. The van der Waals surface area contributed by atoms with E-state index >= 15 is 0 Å². The average Bonchev–Trinajstić information content (AvgIpc) is 2.77. The van der Waals surface area contributed by atoms with E-state index in [1.165, 1.54) is 6.42 Å². The van der Waals surface area contributed by atoms with E-state index < -0.39 is 0 Å². The number of carbonyl (C=O) groups excluding carboxylic acids is 1. The van der Waals surface area contributed by atoms with E-state index in [9.17, 15) is 4.79 Å². The zero-order valence-electron chi connectivity index (χ0n) is 8.95. The van der Waals surface area contributed by atoms with Crippen LogP contribution in [0.15, 0.2) is 12.2 Å². The van der Waals surface area contributed by atoms with Gasteiger partial charge in [0.1, 0.15) is 0 Å². The molecule has 0 N–H and O–H groups in total. The lowest BCUT2D eigenvalue weighted by Gasteiger charge is -2.29. The fourth-order valence-electron chi connectivity index (χ4n) is 2.83. The lowest BCUT2D eigenvalue weighted by Crippen LogP contribution is -2.30. The Kier molecular flexibility index (Phi) is 2.38. The van der Waals surface area contributed by atoms with Crippen molar-refractivity contribution in [2.75, 3.05) is 6.61 Å². The Labute approximate surface area is 85.3 Å². The van der Waals surface area contributed by atoms with Crippen molar-refractivity contribution < 1.29 is 9.53 Å². The Morgan fingerprint density at radius 2 is 2.50 bits per heavy atom. The summed E-state index contributed by atoms with van der Waals surface area (Å²) in [5.74, 6) is 0.734. The van der Waals surface area contributed by atoms with Crippen LogP contribution in [0.4, 0.5) is 0 Å². The standard InChI is InChI=1S/C12H18O2/c1-3-14-11(13)9(2)12-6-4-10(8-12)5-7-12/h4,6,9-10H,3,5,7-8H2,1-2H3. The van der Waals surface area contributed by atoms with Crippen molar-refractivity contribution in [3.63, 3.8) is 0 Å². The summed E-state index contributed by atoms with van der Waals surface area (Å²) in [5, 5.41) is 0. The first-order chi connectivity index (χ1) is 6.68. The average molecular weight is 194 g/mol. The highest BCUT2D eigenvalue weighted by Gasteiger charge is 2.47. The number of hydrogen-bond acceptors (Lipinski definition) is 2. The molecule has 0 aromatic carbocycles. The second-order valence-corrected chi connectivity index (χ2v) is 4.57. The maximum atomic E-state index is 11.7. The van der Waals surface area contributed by atoms with Crippen LogP contribution in [0.25, 0.3) is 0 Å². The number of esters is 1. The van der Waals surface area contributed by atoms with Gasteiger partial charge in [-0.1, -0.05) is 19.1 Å². The van der Waals surface area contributed by atoms with E-state index in [1.54, 1.807) is 0 Å². The zero-order valence-corrected chi connectivity index (χ0v) is 8.95. The summed E-state index contributed by atoms with van der Waals surface area (Å²) >= 11 is 0. The second-order valence-electron chi connectivity index (χ2n) is 4.57. The van der Waals surface area contributed by atoms with Crippen LogP contribution >= 0.6 is 0 Å². The topological polar surface area (TPSA) is 26.3 Å². The summed E-state index contributed by atoms with van der Waals surface area (Å²) in [6.07, 6.45) is 8.10. The molecule has 2 nitrogen and oxygen atoms in total. The highest BCUT2D eigenvalue weighted by Crippen LogP contribution is 2.53. The molecule has 0 radical (unpaired) electrons. The molecule has 0 amide bonds. The van der Waals surface area contributed by atoms with E-state index in [0.717, 1.165) is 18.8 Å². The summed E-state index contributed by atoms with van der Waals surface area (Å²) in [5.41, 5.74) is 0.136. The molecule has 2 bridgehead atoms. The molecular formula is C12H18O2. The molecule has 0 aromatic rings. The Balaban J connectivity index is 2.07. The van der Waals surface area contributed by atoms with E-state index in [4.69, 9.17) is 4.74 Å². The number of ether oxygens (including phenoxy) is 1. The van der Waals surface area contributed by atoms with E-state index in [1.807, 2.05) is 13.8 Å². The maximum Gasteiger partial charge on any atom is 0.309 e.